The van der Waals surface area contributed by atoms with Crippen LogP contribution in [0.3, 0.4) is 0 Å². The predicted molar refractivity (Wildman–Crippen MR) is 67.9 cm³/mol. The summed E-state index contributed by atoms with van der Waals surface area (Å²) in [6.07, 6.45) is 2.16. The number of aldehydes is 1. The molecule has 82 valence electrons. The van der Waals surface area contributed by atoms with E-state index in [0.717, 1.165) is 28.4 Å². The van der Waals surface area contributed by atoms with Crippen molar-refractivity contribution in [1.29, 1.82) is 0 Å². The van der Waals surface area contributed by atoms with E-state index in [1.807, 2.05) is 31.1 Å². The topological polar surface area (TPSA) is 20.3 Å². The van der Waals surface area contributed by atoms with E-state index in [2.05, 4.69) is 15.9 Å². The van der Waals surface area contributed by atoms with Crippen molar-refractivity contribution in [2.45, 2.75) is 12.8 Å². The maximum Gasteiger partial charge on any atom is 0.120 e. The normalized spacial score (nSPS) is 10.1. The molecular formula is C11H13BrClNO. The van der Waals surface area contributed by atoms with Gasteiger partial charge in [0.25, 0.3) is 0 Å². The third-order valence-electron chi connectivity index (χ3n) is 2.09. The lowest BCUT2D eigenvalue weighted by Crippen LogP contribution is -2.12. The average molecular weight is 291 g/mol. The molecule has 4 heteroatoms. The van der Waals surface area contributed by atoms with Crippen molar-refractivity contribution in [3.63, 3.8) is 0 Å². The molecular weight excluding hydrogens is 277 g/mol. The average Bonchev–Trinajstić information content (AvgIpc) is 2.12. The number of carbonyl (C=O) groups excluding carboxylic acids is 1. The fourth-order valence-electron chi connectivity index (χ4n) is 1.53. The number of aryl methyl sites for hydroxylation is 1. The van der Waals surface area contributed by atoms with Gasteiger partial charge in [-0.25, -0.2) is 0 Å². The Labute approximate surface area is 103 Å². The lowest BCUT2D eigenvalue weighted by Gasteiger charge is -2.19. The Balaban J connectivity index is 3.14. The molecule has 0 aromatic heterocycles. The Morgan fingerprint density at radius 2 is 2.13 bits per heavy atom. The molecule has 0 aliphatic heterocycles. The summed E-state index contributed by atoms with van der Waals surface area (Å²) in [5, 5.41) is 0.704. The first kappa shape index (κ1) is 12.5. The molecule has 0 unspecified atom stereocenters. The molecule has 0 fully saturated rings. The van der Waals surface area contributed by atoms with Gasteiger partial charge < -0.3 is 9.69 Å². The van der Waals surface area contributed by atoms with E-state index in [9.17, 15) is 4.79 Å². The highest BCUT2D eigenvalue weighted by molar-refractivity contribution is 9.10. The molecule has 1 aromatic carbocycles. The standard InChI is InChI=1S/C11H13BrClNO/c1-14(2)11-8(4-3-5-15)6-9(12)7-10(11)13/h5-7H,3-4H2,1-2H3. The summed E-state index contributed by atoms with van der Waals surface area (Å²) in [4.78, 5) is 12.3. The maximum absolute atomic E-state index is 10.4. The quantitative estimate of drug-likeness (QED) is 0.793. The Morgan fingerprint density at radius 3 is 2.67 bits per heavy atom. The van der Waals surface area contributed by atoms with Crippen molar-refractivity contribution in [2.75, 3.05) is 19.0 Å². The molecule has 0 bridgehead atoms. The van der Waals surface area contributed by atoms with Gasteiger partial charge in [-0.3, -0.25) is 0 Å². The number of carbonyl (C=O) groups is 1. The van der Waals surface area contributed by atoms with Crippen LogP contribution >= 0.6 is 27.5 Å². The molecule has 0 radical (unpaired) electrons. The maximum atomic E-state index is 10.4. The third kappa shape index (κ3) is 3.21. The monoisotopic (exact) mass is 289 g/mol. The minimum Gasteiger partial charge on any atom is -0.376 e. The van der Waals surface area contributed by atoms with Crippen LogP contribution < -0.4 is 4.90 Å². The van der Waals surface area contributed by atoms with Crippen molar-refractivity contribution >= 4 is 39.5 Å². The molecule has 0 amide bonds. The van der Waals surface area contributed by atoms with E-state index >= 15 is 0 Å². The Hall–Kier alpha value is -0.540. The van der Waals surface area contributed by atoms with Crippen molar-refractivity contribution in [3.05, 3.63) is 27.2 Å². The number of hydrogen-bond donors (Lipinski definition) is 0. The van der Waals surface area contributed by atoms with Gasteiger partial charge in [0.1, 0.15) is 6.29 Å². The second-order valence-electron chi connectivity index (χ2n) is 3.50. The fraction of sp³-hybridized carbons (Fsp3) is 0.364. The molecule has 0 aliphatic carbocycles. The van der Waals surface area contributed by atoms with Gasteiger partial charge in [0, 0.05) is 25.0 Å². The van der Waals surface area contributed by atoms with E-state index in [0.29, 0.717) is 11.4 Å². The van der Waals surface area contributed by atoms with Gasteiger partial charge in [-0.05, 0) is 24.1 Å². The molecule has 1 aromatic rings. The fourth-order valence-corrected chi connectivity index (χ4v) is 2.57. The minimum absolute atomic E-state index is 0.521. The zero-order valence-electron chi connectivity index (χ0n) is 8.76. The van der Waals surface area contributed by atoms with Crippen LogP contribution in [-0.4, -0.2) is 20.4 Å². The van der Waals surface area contributed by atoms with E-state index < -0.39 is 0 Å². The smallest absolute Gasteiger partial charge is 0.120 e. The summed E-state index contributed by atoms with van der Waals surface area (Å²) >= 11 is 9.55. The van der Waals surface area contributed by atoms with Crippen LogP contribution in [0.4, 0.5) is 5.69 Å². The molecule has 0 atom stereocenters. The van der Waals surface area contributed by atoms with Gasteiger partial charge in [0.05, 0.1) is 10.7 Å². The summed E-state index contributed by atoms with van der Waals surface area (Å²) in [5.74, 6) is 0. The largest absolute Gasteiger partial charge is 0.376 e. The zero-order valence-corrected chi connectivity index (χ0v) is 11.1. The van der Waals surface area contributed by atoms with Crippen molar-refractivity contribution in [2.24, 2.45) is 0 Å². The van der Waals surface area contributed by atoms with Crippen molar-refractivity contribution in [3.8, 4) is 0 Å². The molecule has 0 saturated carbocycles. The van der Waals surface area contributed by atoms with Crippen LogP contribution in [0.15, 0.2) is 16.6 Å². The highest BCUT2D eigenvalue weighted by Gasteiger charge is 2.10. The van der Waals surface area contributed by atoms with Gasteiger partial charge in [-0.2, -0.15) is 0 Å². The molecule has 0 aliphatic rings. The summed E-state index contributed by atoms with van der Waals surface area (Å²) in [6.45, 7) is 0. The molecule has 1 rings (SSSR count). The SMILES string of the molecule is CN(C)c1c(Cl)cc(Br)cc1CCC=O. The Morgan fingerprint density at radius 1 is 1.47 bits per heavy atom. The number of anilines is 1. The summed E-state index contributed by atoms with van der Waals surface area (Å²) in [5.41, 5.74) is 2.08. The first-order chi connectivity index (χ1) is 7.06. The highest BCUT2D eigenvalue weighted by atomic mass is 79.9. The number of benzene rings is 1. The van der Waals surface area contributed by atoms with Crippen molar-refractivity contribution in [1.82, 2.24) is 0 Å². The van der Waals surface area contributed by atoms with Crippen LogP contribution in [-0.2, 0) is 11.2 Å². The summed E-state index contributed by atoms with van der Waals surface area (Å²) < 4.78 is 0.944. The number of hydrogen-bond acceptors (Lipinski definition) is 2. The van der Waals surface area contributed by atoms with Crippen LogP contribution in [0, 0.1) is 0 Å². The van der Waals surface area contributed by atoms with Crippen molar-refractivity contribution < 1.29 is 4.79 Å². The van der Waals surface area contributed by atoms with Gasteiger partial charge in [-0.1, -0.05) is 27.5 Å². The van der Waals surface area contributed by atoms with Gasteiger partial charge >= 0.3 is 0 Å². The summed E-state index contributed by atoms with van der Waals surface area (Å²) in [6, 6.07) is 3.87. The molecule has 0 heterocycles. The molecule has 0 spiro atoms. The highest BCUT2D eigenvalue weighted by Crippen LogP contribution is 2.32. The zero-order chi connectivity index (χ0) is 11.4. The van der Waals surface area contributed by atoms with Crippen LogP contribution in [0.25, 0.3) is 0 Å². The van der Waals surface area contributed by atoms with Crippen LogP contribution in [0.2, 0.25) is 5.02 Å². The van der Waals surface area contributed by atoms with E-state index in [-0.39, 0.29) is 0 Å². The van der Waals surface area contributed by atoms with Crippen LogP contribution in [0.1, 0.15) is 12.0 Å². The van der Waals surface area contributed by atoms with Gasteiger partial charge in [0.2, 0.25) is 0 Å². The predicted octanol–water partition coefficient (Wildman–Crippen LogP) is 3.30. The molecule has 0 saturated heterocycles. The Kier molecular flexibility index (Phi) is 4.61. The number of rotatable bonds is 4. The van der Waals surface area contributed by atoms with E-state index in [1.165, 1.54) is 0 Å². The molecule has 2 nitrogen and oxygen atoms in total. The van der Waals surface area contributed by atoms with E-state index in [1.54, 1.807) is 0 Å². The third-order valence-corrected chi connectivity index (χ3v) is 2.83. The van der Waals surface area contributed by atoms with Crippen LogP contribution in [0.5, 0.6) is 0 Å². The molecule has 15 heavy (non-hydrogen) atoms. The first-order valence-electron chi connectivity index (χ1n) is 4.65. The minimum atomic E-state index is 0.521. The van der Waals surface area contributed by atoms with E-state index in [4.69, 9.17) is 11.6 Å². The number of halogens is 2. The second kappa shape index (κ2) is 5.52. The number of nitrogens with zero attached hydrogens (tertiary/aromatic N) is 1. The summed E-state index contributed by atoms with van der Waals surface area (Å²) in [7, 11) is 3.89. The first-order valence-corrected chi connectivity index (χ1v) is 5.82. The lowest BCUT2D eigenvalue weighted by atomic mass is 10.1. The Bertz CT molecular complexity index is 366. The van der Waals surface area contributed by atoms with Gasteiger partial charge in [0.15, 0.2) is 0 Å². The lowest BCUT2D eigenvalue weighted by molar-refractivity contribution is -0.107. The second-order valence-corrected chi connectivity index (χ2v) is 4.82. The molecule has 0 N–H and O–H groups in total. The van der Waals surface area contributed by atoms with Gasteiger partial charge in [-0.15, -0.1) is 0 Å².